The van der Waals surface area contributed by atoms with Crippen LogP contribution in [0.1, 0.15) is 17.5 Å². The fourth-order valence-corrected chi connectivity index (χ4v) is 4.34. The highest BCUT2D eigenvalue weighted by atomic mass is 32.2. The van der Waals surface area contributed by atoms with Crippen molar-refractivity contribution >= 4 is 27.3 Å². The fraction of sp³-hybridized carbons (Fsp3) is 0.300. The maximum Gasteiger partial charge on any atom is 0.231 e. The van der Waals surface area contributed by atoms with Gasteiger partial charge in [-0.25, -0.2) is 8.42 Å². The lowest BCUT2D eigenvalue weighted by molar-refractivity contribution is -0.121. The minimum atomic E-state index is -3.62. The zero-order valence-electron chi connectivity index (χ0n) is 15.8. The normalized spacial score (nSPS) is 13.4. The minimum absolute atomic E-state index is 0.0681. The van der Waals surface area contributed by atoms with Crippen molar-refractivity contribution in [3.05, 3.63) is 53.6 Å². The van der Waals surface area contributed by atoms with Gasteiger partial charge in [0.25, 0.3) is 0 Å². The number of fused-ring (bicyclic) bond motifs is 1. The van der Waals surface area contributed by atoms with Gasteiger partial charge in [0.2, 0.25) is 11.8 Å². The summed E-state index contributed by atoms with van der Waals surface area (Å²) in [5.41, 5.74) is 2.28. The predicted molar refractivity (Wildman–Crippen MR) is 105 cm³/mol. The second kappa shape index (κ2) is 8.02. The van der Waals surface area contributed by atoms with E-state index in [-0.39, 0.29) is 35.3 Å². The number of ether oxygens (including phenoxy) is 1. The second-order valence-electron chi connectivity index (χ2n) is 6.62. The lowest BCUT2D eigenvalue weighted by atomic mass is 10.2. The topological polar surface area (TPSA) is 92.8 Å². The van der Waals surface area contributed by atoms with Crippen LogP contribution in [0.15, 0.2) is 47.4 Å². The molecule has 1 aliphatic rings. The molecule has 148 valence electrons. The monoisotopic (exact) mass is 402 g/mol. The summed E-state index contributed by atoms with van der Waals surface area (Å²) in [6.45, 7) is 0.295. The first kappa shape index (κ1) is 19.9. The molecule has 0 aromatic heterocycles. The molecule has 0 spiro atoms. The van der Waals surface area contributed by atoms with Gasteiger partial charge in [-0.2, -0.15) is 0 Å². The molecule has 1 aliphatic heterocycles. The molecular formula is C20H22N2O5S. The first-order valence-electron chi connectivity index (χ1n) is 8.82. The van der Waals surface area contributed by atoms with Gasteiger partial charge in [0.05, 0.1) is 24.2 Å². The number of hydrogen-bond acceptors (Lipinski definition) is 5. The van der Waals surface area contributed by atoms with E-state index in [0.717, 1.165) is 11.3 Å². The zero-order valence-corrected chi connectivity index (χ0v) is 16.6. The molecule has 0 aliphatic carbocycles. The Hall–Kier alpha value is -2.87. The molecule has 28 heavy (non-hydrogen) atoms. The third kappa shape index (κ3) is 4.33. The Morgan fingerprint density at radius 3 is 2.75 bits per heavy atom. The molecule has 0 bridgehead atoms. The standard InChI is InChI=1S/C20H22N2O5S/c1-22-18-7-6-17(11-15(18)12-20(22)24)28(25,26)9-8-19(23)21-13-14-4-3-5-16(10-14)27-2/h3-7,10-11H,8-9,12-13H2,1-2H3,(H,21,23). The fourth-order valence-electron chi connectivity index (χ4n) is 3.06. The van der Waals surface area contributed by atoms with Crippen molar-refractivity contribution in [2.24, 2.45) is 0 Å². The van der Waals surface area contributed by atoms with Crippen molar-refractivity contribution in [2.75, 3.05) is 24.8 Å². The van der Waals surface area contributed by atoms with E-state index in [2.05, 4.69) is 5.32 Å². The van der Waals surface area contributed by atoms with Gasteiger partial charge in [0.15, 0.2) is 9.84 Å². The Kier molecular flexibility index (Phi) is 5.69. The number of carbonyl (C=O) groups excluding carboxylic acids is 2. The van der Waals surface area contributed by atoms with E-state index in [1.54, 1.807) is 32.4 Å². The number of anilines is 1. The molecule has 0 saturated heterocycles. The van der Waals surface area contributed by atoms with Crippen LogP contribution in [-0.2, 0) is 32.4 Å². The second-order valence-corrected chi connectivity index (χ2v) is 8.73. The number of carbonyl (C=O) groups is 2. The maximum atomic E-state index is 12.6. The summed E-state index contributed by atoms with van der Waals surface area (Å²) in [5, 5.41) is 2.72. The van der Waals surface area contributed by atoms with E-state index in [9.17, 15) is 18.0 Å². The van der Waals surface area contributed by atoms with Crippen LogP contribution in [0.4, 0.5) is 5.69 Å². The average Bonchev–Trinajstić information content (AvgIpc) is 2.98. The summed E-state index contributed by atoms with van der Waals surface area (Å²) < 4.78 is 30.3. The summed E-state index contributed by atoms with van der Waals surface area (Å²) in [5.74, 6) is -0.0153. The van der Waals surface area contributed by atoms with E-state index in [1.165, 1.54) is 17.0 Å². The van der Waals surface area contributed by atoms with Gasteiger partial charge in [0, 0.05) is 25.7 Å². The third-order valence-electron chi connectivity index (χ3n) is 4.71. The predicted octanol–water partition coefficient (Wildman–Crippen LogP) is 1.69. The molecule has 8 heteroatoms. The molecule has 2 aromatic carbocycles. The van der Waals surface area contributed by atoms with Crippen molar-refractivity contribution in [1.82, 2.24) is 5.32 Å². The highest BCUT2D eigenvalue weighted by Gasteiger charge is 2.26. The Labute approximate surface area is 164 Å². The van der Waals surface area contributed by atoms with E-state index in [1.807, 2.05) is 12.1 Å². The van der Waals surface area contributed by atoms with Crippen molar-refractivity contribution in [3.8, 4) is 5.75 Å². The largest absolute Gasteiger partial charge is 0.497 e. The van der Waals surface area contributed by atoms with Gasteiger partial charge in [-0.1, -0.05) is 12.1 Å². The highest BCUT2D eigenvalue weighted by Crippen LogP contribution is 2.30. The molecule has 7 nitrogen and oxygen atoms in total. The summed E-state index contributed by atoms with van der Waals surface area (Å²) in [4.78, 5) is 25.5. The number of sulfone groups is 1. The molecule has 0 fully saturated rings. The number of methoxy groups -OCH3 is 1. The van der Waals surface area contributed by atoms with E-state index >= 15 is 0 Å². The molecule has 0 atom stereocenters. The van der Waals surface area contributed by atoms with Gasteiger partial charge in [-0.05, 0) is 41.5 Å². The van der Waals surface area contributed by atoms with Crippen molar-refractivity contribution in [3.63, 3.8) is 0 Å². The highest BCUT2D eigenvalue weighted by molar-refractivity contribution is 7.91. The molecule has 2 aromatic rings. The lowest BCUT2D eigenvalue weighted by Gasteiger charge is -2.11. The molecular weight excluding hydrogens is 380 g/mol. The summed E-state index contributed by atoms with van der Waals surface area (Å²) in [7, 11) is -0.390. The molecule has 1 N–H and O–H groups in total. The third-order valence-corrected chi connectivity index (χ3v) is 6.42. The van der Waals surface area contributed by atoms with Crippen LogP contribution >= 0.6 is 0 Å². The van der Waals surface area contributed by atoms with Crippen LogP contribution in [0.5, 0.6) is 5.75 Å². The van der Waals surface area contributed by atoms with Crippen LogP contribution in [0.2, 0.25) is 0 Å². The van der Waals surface area contributed by atoms with Crippen LogP contribution in [0, 0.1) is 0 Å². The molecule has 2 amide bonds. The SMILES string of the molecule is COc1cccc(CNC(=O)CCS(=O)(=O)c2ccc3c(c2)CC(=O)N3C)c1. The Morgan fingerprint density at radius 1 is 1.21 bits per heavy atom. The summed E-state index contributed by atoms with van der Waals surface area (Å²) >= 11 is 0. The van der Waals surface area contributed by atoms with Crippen LogP contribution in [0.25, 0.3) is 0 Å². The summed E-state index contributed by atoms with van der Waals surface area (Å²) in [6.07, 6.45) is 0.0540. The number of likely N-dealkylation sites (N-methyl/N-ethyl adjacent to an activating group) is 1. The van der Waals surface area contributed by atoms with Crippen LogP contribution in [0.3, 0.4) is 0 Å². The Balaban J connectivity index is 1.58. The van der Waals surface area contributed by atoms with Gasteiger partial charge in [0.1, 0.15) is 5.75 Å². The zero-order chi connectivity index (χ0) is 20.3. The Bertz CT molecular complexity index is 1020. The van der Waals surface area contributed by atoms with Gasteiger partial charge in [-0.3, -0.25) is 9.59 Å². The van der Waals surface area contributed by atoms with Crippen molar-refractivity contribution in [2.45, 2.75) is 24.3 Å². The number of nitrogens with one attached hydrogen (secondary N) is 1. The van der Waals surface area contributed by atoms with Crippen LogP contribution < -0.4 is 15.0 Å². The van der Waals surface area contributed by atoms with Gasteiger partial charge >= 0.3 is 0 Å². The van der Waals surface area contributed by atoms with Crippen molar-refractivity contribution in [1.29, 1.82) is 0 Å². The first-order valence-corrected chi connectivity index (χ1v) is 10.5. The minimum Gasteiger partial charge on any atom is -0.497 e. The smallest absolute Gasteiger partial charge is 0.231 e. The summed E-state index contributed by atoms with van der Waals surface area (Å²) in [6, 6.07) is 11.9. The molecule has 1 heterocycles. The lowest BCUT2D eigenvalue weighted by Crippen LogP contribution is -2.25. The molecule has 3 rings (SSSR count). The first-order chi connectivity index (χ1) is 13.3. The number of nitrogens with zero attached hydrogens (tertiary/aromatic N) is 1. The van der Waals surface area contributed by atoms with Crippen molar-refractivity contribution < 1.29 is 22.7 Å². The average molecular weight is 402 g/mol. The number of amides is 2. The number of hydrogen-bond donors (Lipinski definition) is 1. The van der Waals surface area contributed by atoms with E-state index < -0.39 is 9.84 Å². The number of rotatable bonds is 7. The van der Waals surface area contributed by atoms with E-state index in [4.69, 9.17) is 4.74 Å². The van der Waals surface area contributed by atoms with E-state index in [0.29, 0.717) is 17.9 Å². The number of benzene rings is 2. The van der Waals surface area contributed by atoms with Gasteiger partial charge < -0.3 is 15.0 Å². The quantitative estimate of drug-likeness (QED) is 0.761. The van der Waals surface area contributed by atoms with Crippen LogP contribution in [-0.4, -0.2) is 40.1 Å². The molecule has 0 radical (unpaired) electrons. The van der Waals surface area contributed by atoms with Gasteiger partial charge in [-0.15, -0.1) is 0 Å². The molecule has 0 unspecified atom stereocenters. The molecule has 0 saturated carbocycles. The maximum absolute atomic E-state index is 12.6. The Morgan fingerprint density at radius 2 is 2.00 bits per heavy atom.